The molecule has 1 aromatic heterocycles. The fourth-order valence-electron chi connectivity index (χ4n) is 2.40. The minimum absolute atomic E-state index is 0.358. The summed E-state index contributed by atoms with van der Waals surface area (Å²) in [5.74, 6) is 1.32. The topological polar surface area (TPSA) is 52.0 Å². The van der Waals surface area contributed by atoms with Gasteiger partial charge in [0, 0.05) is 19.1 Å². The van der Waals surface area contributed by atoms with Crippen LogP contribution < -0.4 is 5.32 Å². The molecule has 1 aliphatic rings. The molecule has 2 heterocycles. The second-order valence-electron chi connectivity index (χ2n) is 5.30. The summed E-state index contributed by atoms with van der Waals surface area (Å²) < 4.78 is 0. The lowest BCUT2D eigenvalue weighted by Crippen LogP contribution is -2.29. The van der Waals surface area contributed by atoms with Crippen LogP contribution in [0.15, 0.2) is 12.1 Å². The number of rotatable bonds is 4. The Morgan fingerprint density at radius 2 is 2.37 bits per heavy atom. The first-order chi connectivity index (χ1) is 9.08. The second kappa shape index (κ2) is 6.23. The minimum atomic E-state index is 0.358. The van der Waals surface area contributed by atoms with Gasteiger partial charge >= 0.3 is 0 Å². The zero-order valence-corrected chi connectivity index (χ0v) is 12.1. The van der Waals surface area contributed by atoms with Crippen LogP contribution in [0.5, 0.6) is 0 Å². The van der Waals surface area contributed by atoms with Crippen molar-refractivity contribution in [2.45, 2.75) is 26.3 Å². The number of pyridine rings is 1. The third-order valence-electron chi connectivity index (χ3n) is 3.54. The lowest BCUT2D eigenvalue weighted by molar-refractivity contribution is 0.266. The maximum Gasteiger partial charge on any atom is 0.132 e. The number of nitriles is 1. The van der Waals surface area contributed by atoms with E-state index in [4.69, 9.17) is 16.9 Å². The molecule has 0 aliphatic carbocycles. The summed E-state index contributed by atoms with van der Waals surface area (Å²) >= 11 is 5.88. The molecule has 1 aromatic rings. The third kappa shape index (κ3) is 3.82. The zero-order chi connectivity index (χ0) is 13.8. The van der Waals surface area contributed by atoms with Gasteiger partial charge in [0.1, 0.15) is 11.0 Å². The Bertz CT molecular complexity index is 481. The quantitative estimate of drug-likeness (QED) is 0.861. The summed E-state index contributed by atoms with van der Waals surface area (Å²) in [6.45, 7) is 7.62. The zero-order valence-electron chi connectivity index (χ0n) is 11.4. The van der Waals surface area contributed by atoms with Crippen molar-refractivity contribution in [1.29, 1.82) is 5.26 Å². The standard InChI is InChI=1S/C14H19ClN4/c1-10(2)19-4-3-11(9-19)8-17-14-6-12(7-16)5-13(15)18-14/h5-6,10-11H,3-4,8-9H2,1-2H3,(H,17,18). The SMILES string of the molecule is CC(C)N1CCC(CNc2cc(C#N)cc(Cl)n2)C1. The average molecular weight is 279 g/mol. The summed E-state index contributed by atoms with van der Waals surface area (Å²) in [5.41, 5.74) is 0.540. The molecule has 1 fully saturated rings. The molecule has 1 atom stereocenters. The fraction of sp³-hybridized carbons (Fsp3) is 0.571. The number of aromatic nitrogens is 1. The van der Waals surface area contributed by atoms with Crippen LogP contribution >= 0.6 is 11.6 Å². The minimum Gasteiger partial charge on any atom is -0.370 e. The molecule has 1 N–H and O–H groups in total. The van der Waals surface area contributed by atoms with E-state index in [1.807, 2.05) is 0 Å². The number of nitrogens with one attached hydrogen (secondary N) is 1. The van der Waals surface area contributed by atoms with Crippen LogP contribution in [-0.2, 0) is 0 Å². The molecule has 0 saturated carbocycles. The van der Waals surface area contributed by atoms with Crippen molar-refractivity contribution >= 4 is 17.4 Å². The van der Waals surface area contributed by atoms with Gasteiger partial charge in [-0.15, -0.1) is 0 Å². The van der Waals surface area contributed by atoms with E-state index in [1.54, 1.807) is 12.1 Å². The van der Waals surface area contributed by atoms with Gasteiger partial charge in [0.2, 0.25) is 0 Å². The molecular weight excluding hydrogens is 260 g/mol. The summed E-state index contributed by atoms with van der Waals surface area (Å²) in [4.78, 5) is 6.67. The lowest BCUT2D eigenvalue weighted by Gasteiger charge is -2.20. The normalized spacial score (nSPS) is 19.6. The Balaban J connectivity index is 1.90. The Labute approximate surface area is 119 Å². The Morgan fingerprint density at radius 3 is 3.00 bits per heavy atom. The third-order valence-corrected chi connectivity index (χ3v) is 3.74. The van der Waals surface area contributed by atoms with Gasteiger partial charge < -0.3 is 10.2 Å². The molecular formula is C14H19ClN4. The van der Waals surface area contributed by atoms with Gasteiger partial charge in [-0.25, -0.2) is 4.98 Å². The molecule has 0 bridgehead atoms. The van der Waals surface area contributed by atoms with E-state index < -0.39 is 0 Å². The van der Waals surface area contributed by atoms with Crippen molar-refractivity contribution < 1.29 is 0 Å². The predicted molar refractivity (Wildman–Crippen MR) is 77.3 cm³/mol. The average Bonchev–Trinajstić information content (AvgIpc) is 2.84. The molecule has 1 unspecified atom stereocenters. The predicted octanol–water partition coefficient (Wildman–Crippen LogP) is 2.75. The van der Waals surface area contributed by atoms with Gasteiger partial charge in [-0.05, 0) is 44.9 Å². The maximum atomic E-state index is 8.89. The van der Waals surface area contributed by atoms with Crippen LogP contribution in [0.4, 0.5) is 5.82 Å². The highest BCUT2D eigenvalue weighted by Crippen LogP contribution is 2.20. The highest BCUT2D eigenvalue weighted by Gasteiger charge is 2.23. The first-order valence-corrected chi connectivity index (χ1v) is 7.02. The highest BCUT2D eigenvalue weighted by molar-refractivity contribution is 6.29. The number of anilines is 1. The van der Waals surface area contributed by atoms with Crippen LogP contribution in [0, 0.1) is 17.2 Å². The highest BCUT2D eigenvalue weighted by atomic mass is 35.5. The van der Waals surface area contributed by atoms with E-state index in [2.05, 4.69) is 35.1 Å². The van der Waals surface area contributed by atoms with Crippen LogP contribution in [-0.4, -0.2) is 35.6 Å². The van der Waals surface area contributed by atoms with E-state index in [0.29, 0.717) is 28.5 Å². The molecule has 0 amide bonds. The van der Waals surface area contributed by atoms with Crippen molar-refractivity contribution in [3.8, 4) is 6.07 Å². The van der Waals surface area contributed by atoms with Crippen molar-refractivity contribution in [2.24, 2.45) is 5.92 Å². The van der Waals surface area contributed by atoms with Crippen LogP contribution in [0.3, 0.4) is 0 Å². The van der Waals surface area contributed by atoms with Gasteiger partial charge in [0.05, 0.1) is 11.6 Å². The molecule has 102 valence electrons. The van der Waals surface area contributed by atoms with Crippen molar-refractivity contribution in [3.05, 3.63) is 22.8 Å². The fourth-order valence-corrected chi connectivity index (χ4v) is 2.61. The van der Waals surface area contributed by atoms with Crippen LogP contribution in [0.1, 0.15) is 25.8 Å². The molecule has 1 saturated heterocycles. The lowest BCUT2D eigenvalue weighted by atomic mass is 10.1. The second-order valence-corrected chi connectivity index (χ2v) is 5.69. The van der Waals surface area contributed by atoms with E-state index in [0.717, 1.165) is 19.6 Å². The number of likely N-dealkylation sites (tertiary alicyclic amines) is 1. The largest absolute Gasteiger partial charge is 0.370 e. The molecule has 4 nitrogen and oxygen atoms in total. The number of halogens is 1. The molecule has 5 heteroatoms. The van der Waals surface area contributed by atoms with Gasteiger partial charge in [-0.3, -0.25) is 0 Å². The van der Waals surface area contributed by atoms with E-state index in [-0.39, 0.29) is 0 Å². The van der Waals surface area contributed by atoms with Gasteiger partial charge in [0.25, 0.3) is 0 Å². The number of hydrogen-bond acceptors (Lipinski definition) is 4. The number of nitrogens with zero attached hydrogens (tertiary/aromatic N) is 3. The summed E-state index contributed by atoms with van der Waals surface area (Å²) in [5, 5.41) is 12.5. The molecule has 19 heavy (non-hydrogen) atoms. The van der Waals surface area contributed by atoms with Gasteiger partial charge in [-0.2, -0.15) is 5.26 Å². The van der Waals surface area contributed by atoms with E-state index in [1.165, 1.54) is 6.42 Å². The van der Waals surface area contributed by atoms with Crippen LogP contribution in [0.2, 0.25) is 5.15 Å². The van der Waals surface area contributed by atoms with Gasteiger partial charge in [0.15, 0.2) is 0 Å². The Morgan fingerprint density at radius 1 is 1.58 bits per heavy atom. The molecule has 2 rings (SSSR count). The van der Waals surface area contributed by atoms with Crippen molar-refractivity contribution in [2.75, 3.05) is 25.0 Å². The summed E-state index contributed by atoms with van der Waals surface area (Å²) in [7, 11) is 0. The number of hydrogen-bond donors (Lipinski definition) is 1. The van der Waals surface area contributed by atoms with Crippen molar-refractivity contribution in [3.63, 3.8) is 0 Å². The Hall–Kier alpha value is -1.31. The van der Waals surface area contributed by atoms with Gasteiger partial charge in [-0.1, -0.05) is 11.6 Å². The van der Waals surface area contributed by atoms with E-state index >= 15 is 0 Å². The monoisotopic (exact) mass is 278 g/mol. The molecule has 0 spiro atoms. The van der Waals surface area contributed by atoms with Crippen molar-refractivity contribution in [1.82, 2.24) is 9.88 Å². The first-order valence-electron chi connectivity index (χ1n) is 6.64. The first kappa shape index (κ1) is 14.1. The summed E-state index contributed by atoms with van der Waals surface area (Å²) in [6.07, 6.45) is 1.21. The molecule has 0 radical (unpaired) electrons. The molecule has 1 aliphatic heterocycles. The van der Waals surface area contributed by atoms with Crippen LogP contribution in [0.25, 0.3) is 0 Å². The Kier molecular flexibility index (Phi) is 4.62. The molecule has 0 aromatic carbocycles. The summed E-state index contributed by atoms with van der Waals surface area (Å²) in [6, 6.07) is 6.01. The maximum absolute atomic E-state index is 8.89. The smallest absolute Gasteiger partial charge is 0.132 e. The van der Waals surface area contributed by atoms with E-state index in [9.17, 15) is 0 Å².